The van der Waals surface area contributed by atoms with E-state index in [1.54, 1.807) is 20.8 Å². The van der Waals surface area contributed by atoms with Gasteiger partial charge in [0.2, 0.25) is 0 Å². The Morgan fingerprint density at radius 3 is 1.94 bits per heavy atom. The second-order valence-corrected chi connectivity index (χ2v) is 6.05. The summed E-state index contributed by atoms with van der Waals surface area (Å²) in [5, 5.41) is 2.58. The second-order valence-electron chi connectivity index (χ2n) is 6.05. The fraction of sp³-hybridized carbons (Fsp3) is 0.692. The molecule has 0 aromatic heterocycles. The van der Waals surface area contributed by atoms with Crippen LogP contribution in [0.2, 0.25) is 0 Å². The molecule has 0 aliphatic carbocycles. The Balaban J connectivity index is 4.73. The van der Waals surface area contributed by atoms with Crippen LogP contribution >= 0.6 is 0 Å². The molecule has 4 nitrogen and oxygen atoms in total. The quantitative estimate of drug-likeness (QED) is 0.773. The Morgan fingerprint density at radius 1 is 1.18 bits per heavy atom. The molecule has 0 aromatic carbocycles. The van der Waals surface area contributed by atoms with Crippen LogP contribution in [0.25, 0.3) is 0 Å². The highest BCUT2D eigenvalue weighted by molar-refractivity contribution is 5.96. The molecular weight excluding hydrogens is 218 g/mol. The maximum Gasteiger partial charge on any atom is 0.408 e. The molecule has 17 heavy (non-hydrogen) atoms. The minimum absolute atomic E-state index is 0.219. The highest BCUT2D eigenvalue weighted by Crippen LogP contribution is 2.21. The largest absolute Gasteiger partial charge is 0.444 e. The van der Waals surface area contributed by atoms with E-state index in [9.17, 15) is 9.59 Å². The van der Waals surface area contributed by atoms with E-state index in [4.69, 9.17) is 4.74 Å². The van der Waals surface area contributed by atoms with Crippen molar-refractivity contribution in [2.45, 2.75) is 53.2 Å². The molecule has 1 unspecified atom stereocenters. The third-order valence-electron chi connectivity index (χ3n) is 2.01. The van der Waals surface area contributed by atoms with Crippen molar-refractivity contribution in [3.63, 3.8) is 0 Å². The van der Waals surface area contributed by atoms with Gasteiger partial charge in [-0.1, -0.05) is 27.4 Å². The van der Waals surface area contributed by atoms with Gasteiger partial charge in [0.15, 0.2) is 5.78 Å². The lowest BCUT2D eigenvalue weighted by Crippen LogP contribution is -2.49. The van der Waals surface area contributed by atoms with Crippen LogP contribution in [0.3, 0.4) is 0 Å². The van der Waals surface area contributed by atoms with Gasteiger partial charge < -0.3 is 10.1 Å². The molecule has 0 rings (SSSR count). The van der Waals surface area contributed by atoms with Gasteiger partial charge in [-0.25, -0.2) is 4.79 Å². The van der Waals surface area contributed by atoms with Crippen molar-refractivity contribution in [1.29, 1.82) is 0 Å². The van der Waals surface area contributed by atoms with Gasteiger partial charge in [-0.2, -0.15) is 0 Å². The van der Waals surface area contributed by atoms with Crippen LogP contribution in [0.1, 0.15) is 41.5 Å². The Labute approximate surface area is 103 Å². The molecule has 0 bridgehead atoms. The Kier molecular flexibility index (Phi) is 4.93. The Bertz CT molecular complexity index is 308. The molecule has 0 spiro atoms. The van der Waals surface area contributed by atoms with Crippen LogP contribution < -0.4 is 5.32 Å². The zero-order valence-corrected chi connectivity index (χ0v) is 11.6. The van der Waals surface area contributed by atoms with Gasteiger partial charge >= 0.3 is 6.09 Å². The van der Waals surface area contributed by atoms with Crippen molar-refractivity contribution >= 4 is 11.9 Å². The molecule has 0 saturated heterocycles. The highest BCUT2D eigenvalue weighted by Gasteiger charge is 2.32. The molecule has 0 fully saturated rings. The molecule has 0 heterocycles. The van der Waals surface area contributed by atoms with E-state index in [0.29, 0.717) is 0 Å². The van der Waals surface area contributed by atoms with Crippen LogP contribution in [0, 0.1) is 5.41 Å². The molecule has 0 aromatic rings. The van der Waals surface area contributed by atoms with Gasteiger partial charge in [0.05, 0.1) is 6.04 Å². The standard InChI is InChI=1S/C13H23NO3/c1-8-9(15)10(12(2,3)4)14-11(16)17-13(5,6)7/h8,10H,1H2,2-7H3,(H,14,16). The number of nitrogens with one attached hydrogen (secondary N) is 1. The number of hydrogen-bond donors (Lipinski definition) is 1. The molecule has 0 aliphatic rings. The summed E-state index contributed by atoms with van der Waals surface area (Å²) in [5.74, 6) is -0.219. The summed E-state index contributed by atoms with van der Waals surface area (Å²) in [6.45, 7) is 14.4. The lowest BCUT2D eigenvalue weighted by atomic mass is 9.84. The average Bonchev–Trinajstić information content (AvgIpc) is 2.08. The first kappa shape index (κ1) is 15.7. The van der Waals surface area contributed by atoms with E-state index in [0.717, 1.165) is 0 Å². The fourth-order valence-corrected chi connectivity index (χ4v) is 1.26. The first-order chi connectivity index (χ1) is 7.47. The predicted octanol–water partition coefficient (Wildman–Crippen LogP) is 2.68. The first-order valence-electron chi connectivity index (χ1n) is 5.63. The lowest BCUT2D eigenvalue weighted by Gasteiger charge is -2.30. The average molecular weight is 241 g/mol. The van der Waals surface area contributed by atoms with E-state index in [1.807, 2.05) is 20.8 Å². The minimum atomic E-state index is -0.630. The summed E-state index contributed by atoms with van der Waals surface area (Å²) in [5.41, 5.74) is -0.966. The van der Waals surface area contributed by atoms with E-state index in [-0.39, 0.29) is 11.2 Å². The topological polar surface area (TPSA) is 55.4 Å². The molecule has 0 radical (unpaired) electrons. The van der Waals surface area contributed by atoms with Crippen LogP contribution in [0.5, 0.6) is 0 Å². The van der Waals surface area contributed by atoms with Crippen molar-refractivity contribution in [1.82, 2.24) is 5.32 Å². The van der Waals surface area contributed by atoms with Crippen molar-refractivity contribution in [2.24, 2.45) is 5.41 Å². The summed E-state index contributed by atoms with van der Waals surface area (Å²) < 4.78 is 5.12. The zero-order chi connectivity index (χ0) is 13.9. The van der Waals surface area contributed by atoms with Gasteiger partial charge in [-0.15, -0.1) is 0 Å². The SMILES string of the molecule is C=CC(=O)C(NC(=O)OC(C)(C)C)C(C)(C)C. The van der Waals surface area contributed by atoms with E-state index in [1.165, 1.54) is 6.08 Å². The van der Waals surface area contributed by atoms with Crippen molar-refractivity contribution < 1.29 is 14.3 Å². The number of amides is 1. The summed E-state index contributed by atoms with van der Waals surface area (Å²) in [6, 6.07) is -0.630. The predicted molar refractivity (Wildman–Crippen MR) is 67.8 cm³/mol. The van der Waals surface area contributed by atoms with Crippen LogP contribution in [0.15, 0.2) is 12.7 Å². The molecule has 0 saturated carbocycles. The Morgan fingerprint density at radius 2 is 1.65 bits per heavy atom. The summed E-state index contributed by atoms with van der Waals surface area (Å²) >= 11 is 0. The maximum atomic E-state index is 11.7. The number of ether oxygens (including phenoxy) is 1. The number of ketones is 1. The van der Waals surface area contributed by atoms with Gasteiger partial charge in [0.1, 0.15) is 5.60 Å². The number of alkyl carbamates (subject to hydrolysis) is 1. The smallest absolute Gasteiger partial charge is 0.408 e. The fourth-order valence-electron chi connectivity index (χ4n) is 1.26. The summed E-state index contributed by atoms with van der Waals surface area (Å²) in [6.07, 6.45) is 0.625. The number of carbonyl (C=O) groups is 2. The molecule has 1 atom stereocenters. The summed E-state index contributed by atoms with van der Waals surface area (Å²) in [4.78, 5) is 23.3. The molecule has 98 valence electrons. The minimum Gasteiger partial charge on any atom is -0.444 e. The second kappa shape index (κ2) is 5.34. The number of hydrogen-bond acceptors (Lipinski definition) is 3. The van der Waals surface area contributed by atoms with Crippen molar-refractivity contribution in [2.75, 3.05) is 0 Å². The third kappa shape index (κ3) is 6.09. The van der Waals surface area contributed by atoms with Gasteiger partial charge in [-0.05, 0) is 32.3 Å². The van der Waals surface area contributed by atoms with Crippen molar-refractivity contribution in [3.8, 4) is 0 Å². The van der Waals surface area contributed by atoms with E-state index < -0.39 is 17.7 Å². The Hall–Kier alpha value is -1.32. The lowest BCUT2D eigenvalue weighted by molar-refractivity contribution is -0.118. The molecule has 1 N–H and O–H groups in total. The number of rotatable bonds is 3. The monoisotopic (exact) mass is 241 g/mol. The first-order valence-corrected chi connectivity index (χ1v) is 5.63. The van der Waals surface area contributed by atoms with Crippen LogP contribution in [-0.4, -0.2) is 23.5 Å². The van der Waals surface area contributed by atoms with Gasteiger partial charge in [0, 0.05) is 0 Å². The molecule has 0 aliphatic heterocycles. The van der Waals surface area contributed by atoms with Crippen LogP contribution in [0.4, 0.5) is 4.79 Å². The highest BCUT2D eigenvalue weighted by atomic mass is 16.6. The van der Waals surface area contributed by atoms with Gasteiger partial charge in [0.25, 0.3) is 0 Å². The number of carbonyl (C=O) groups excluding carboxylic acids is 2. The van der Waals surface area contributed by atoms with E-state index >= 15 is 0 Å². The molecule has 4 heteroatoms. The van der Waals surface area contributed by atoms with Gasteiger partial charge in [-0.3, -0.25) is 4.79 Å². The normalized spacial score (nSPS) is 13.8. The summed E-state index contributed by atoms with van der Waals surface area (Å²) in [7, 11) is 0. The van der Waals surface area contributed by atoms with Crippen molar-refractivity contribution in [3.05, 3.63) is 12.7 Å². The zero-order valence-electron chi connectivity index (χ0n) is 11.6. The molecular formula is C13H23NO3. The third-order valence-corrected chi connectivity index (χ3v) is 2.01. The maximum absolute atomic E-state index is 11.7. The van der Waals surface area contributed by atoms with E-state index in [2.05, 4.69) is 11.9 Å². The molecule has 1 amide bonds. The van der Waals surface area contributed by atoms with Crippen LogP contribution in [-0.2, 0) is 9.53 Å².